The monoisotopic (exact) mass is 370 g/mol. The van der Waals surface area contributed by atoms with Crippen molar-refractivity contribution in [1.29, 1.82) is 0 Å². The summed E-state index contributed by atoms with van der Waals surface area (Å²) in [7, 11) is 0. The molecule has 0 saturated carbocycles. The molecule has 0 aromatic rings. The van der Waals surface area contributed by atoms with Gasteiger partial charge < -0.3 is 4.74 Å². The number of rotatable bonds is 13. The third kappa shape index (κ3) is 11.1. The van der Waals surface area contributed by atoms with Crippen molar-refractivity contribution in [3.63, 3.8) is 0 Å². The highest BCUT2D eigenvalue weighted by Crippen LogP contribution is 2.28. The Balaban J connectivity index is 3.66. The Kier molecular flexibility index (Phi) is 12.3. The Morgan fingerprint density at radius 2 is 1.57 bits per heavy atom. The van der Waals surface area contributed by atoms with E-state index in [0.29, 0.717) is 6.42 Å². The molecule has 0 fully saturated rings. The van der Waals surface area contributed by atoms with Crippen molar-refractivity contribution in [1.82, 2.24) is 0 Å². The molecular formula is C16H29BrF2O2. The fourth-order valence-corrected chi connectivity index (χ4v) is 2.93. The molecule has 0 spiro atoms. The fourth-order valence-electron chi connectivity index (χ4n) is 2.20. The average Bonchev–Trinajstić information content (AvgIpc) is 2.41. The second-order valence-corrected chi connectivity index (χ2v) is 6.78. The molecule has 0 aromatic carbocycles. The first-order valence-electron chi connectivity index (χ1n) is 8.13. The van der Waals surface area contributed by atoms with Crippen LogP contribution < -0.4 is 0 Å². The van der Waals surface area contributed by atoms with Crippen molar-refractivity contribution in [3.8, 4) is 0 Å². The predicted molar refractivity (Wildman–Crippen MR) is 86.1 cm³/mol. The van der Waals surface area contributed by atoms with Gasteiger partial charge in [0.25, 0.3) is 0 Å². The number of carbonyl (C=O) groups is 1. The lowest BCUT2D eigenvalue weighted by molar-refractivity contribution is -0.172. The zero-order chi connectivity index (χ0) is 16.1. The first-order chi connectivity index (χ1) is 9.94. The van der Waals surface area contributed by atoms with Gasteiger partial charge in [-0.3, -0.25) is 0 Å². The Bertz CT molecular complexity index is 273. The molecule has 0 aliphatic carbocycles. The minimum atomic E-state index is -3.38. The maximum Gasteiger partial charge on any atom is 0.377 e. The quantitative estimate of drug-likeness (QED) is 0.230. The molecule has 0 radical (unpaired) electrons. The molecule has 0 saturated heterocycles. The summed E-state index contributed by atoms with van der Waals surface area (Å²) in [5.74, 6) is -4.80. The Hall–Kier alpha value is -0.190. The van der Waals surface area contributed by atoms with Crippen LogP contribution in [0.25, 0.3) is 0 Å². The van der Waals surface area contributed by atoms with Crippen LogP contribution in [0.4, 0.5) is 8.78 Å². The van der Waals surface area contributed by atoms with Crippen LogP contribution in [0.15, 0.2) is 0 Å². The molecule has 1 atom stereocenters. The largest absolute Gasteiger partial charge is 0.462 e. The van der Waals surface area contributed by atoms with Gasteiger partial charge in [-0.1, -0.05) is 74.2 Å². The molecule has 1 unspecified atom stereocenters. The zero-order valence-corrected chi connectivity index (χ0v) is 14.9. The molecule has 21 heavy (non-hydrogen) atoms. The standard InChI is InChI=1S/C16H29BrF2O2/c1-3-5-6-7-8-9-10-11-12-14(17)13-16(18,19)15(20)21-4-2/h14H,3-13H2,1-2H3. The number of ether oxygens (including phenoxy) is 1. The molecule has 5 heteroatoms. The van der Waals surface area contributed by atoms with Gasteiger partial charge in [0.15, 0.2) is 0 Å². The molecule has 0 heterocycles. The maximum absolute atomic E-state index is 13.5. The number of carbonyl (C=O) groups excluding carboxylic acids is 1. The van der Waals surface area contributed by atoms with Crippen molar-refractivity contribution in [2.75, 3.05) is 6.61 Å². The van der Waals surface area contributed by atoms with Crippen LogP contribution in [-0.2, 0) is 9.53 Å². The van der Waals surface area contributed by atoms with Gasteiger partial charge >= 0.3 is 11.9 Å². The molecule has 0 aromatic heterocycles. The Morgan fingerprint density at radius 1 is 1.05 bits per heavy atom. The number of hydrogen-bond acceptors (Lipinski definition) is 2. The van der Waals surface area contributed by atoms with Crippen molar-refractivity contribution >= 4 is 21.9 Å². The van der Waals surface area contributed by atoms with Crippen LogP contribution in [0, 0.1) is 0 Å². The van der Waals surface area contributed by atoms with Crippen molar-refractivity contribution < 1.29 is 18.3 Å². The zero-order valence-electron chi connectivity index (χ0n) is 13.3. The molecule has 0 bridgehead atoms. The second-order valence-electron chi connectivity index (χ2n) is 5.49. The third-order valence-corrected chi connectivity index (χ3v) is 4.20. The van der Waals surface area contributed by atoms with E-state index in [4.69, 9.17) is 0 Å². The first kappa shape index (κ1) is 20.8. The summed E-state index contributed by atoms with van der Waals surface area (Å²) in [4.78, 5) is 10.8. The van der Waals surface area contributed by atoms with Crippen LogP contribution in [0.3, 0.4) is 0 Å². The lowest BCUT2D eigenvalue weighted by Crippen LogP contribution is -2.33. The van der Waals surface area contributed by atoms with E-state index >= 15 is 0 Å². The van der Waals surface area contributed by atoms with Crippen molar-refractivity contribution in [2.24, 2.45) is 0 Å². The highest BCUT2D eigenvalue weighted by atomic mass is 79.9. The van der Waals surface area contributed by atoms with Gasteiger partial charge in [0, 0.05) is 11.2 Å². The lowest BCUT2D eigenvalue weighted by atomic mass is 10.0. The minimum absolute atomic E-state index is 0.0145. The van der Waals surface area contributed by atoms with Crippen LogP contribution in [0.1, 0.15) is 78.1 Å². The van der Waals surface area contributed by atoms with Gasteiger partial charge in [-0.2, -0.15) is 8.78 Å². The highest BCUT2D eigenvalue weighted by molar-refractivity contribution is 9.09. The van der Waals surface area contributed by atoms with Gasteiger partial charge in [0.1, 0.15) is 0 Å². The molecule has 126 valence electrons. The van der Waals surface area contributed by atoms with Crippen LogP contribution in [0.2, 0.25) is 0 Å². The van der Waals surface area contributed by atoms with Gasteiger partial charge in [0.2, 0.25) is 0 Å². The van der Waals surface area contributed by atoms with E-state index in [0.717, 1.165) is 19.3 Å². The van der Waals surface area contributed by atoms with Crippen LogP contribution in [0.5, 0.6) is 0 Å². The van der Waals surface area contributed by atoms with Crippen molar-refractivity contribution in [2.45, 2.75) is 88.8 Å². The molecule has 2 nitrogen and oxygen atoms in total. The lowest BCUT2D eigenvalue weighted by Gasteiger charge is -2.17. The third-order valence-electron chi connectivity index (χ3n) is 3.42. The van der Waals surface area contributed by atoms with E-state index in [2.05, 4.69) is 27.6 Å². The molecule has 0 rings (SSSR count). The smallest absolute Gasteiger partial charge is 0.377 e. The van der Waals surface area contributed by atoms with E-state index in [9.17, 15) is 13.6 Å². The molecule has 0 amide bonds. The number of unbranched alkanes of at least 4 members (excludes halogenated alkanes) is 7. The van der Waals surface area contributed by atoms with E-state index in [-0.39, 0.29) is 11.4 Å². The highest BCUT2D eigenvalue weighted by Gasteiger charge is 2.41. The van der Waals surface area contributed by atoms with Crippen LogP contribution in [-0.4, -0.2) is 23.3 Å². The second kappa shape index (κ2) is 12.4. The van der Waals surface area contributed by atoms with Gasteiger partial charge in [-0.05, 0) is 13.3 Å². The SMILES string of the molecule is CCCCCCCCCCC(Br)CC(F)(F)C(=O)OCC. The Morgan fingerprint density at radius 3 is 2.10 bits per heavy atom. The van der Waals surface area contributed by atoms with Gasteiger partial charge in [0.05, 0.1) is 6.61 Å². The average molecular weight is 371 g/mol. The fraction of sp³-hybridized carbons (Fsp3) is 0.938. The Labute approximate surface area is 136 Å². The predicted octanol–water partition coefficient (Wildman–Crippen LogP) is 5.87. The topological polar surface area (TPSA) is 26.3 Å². The minimum Gasteiger partial charge on any atom is -0.462 e. The summed E-state index contributed by atoms with van der Waals surface area (Å²) < 4.78 is 31.4. The molecule has 0 aliphatic heterocycles. The summed E-state index contributed by atoms with van der Waals surface area (Å²) in [5, 5.41) is 0. The number of hydrogen-bond donors (Lipinski definition) is 0. The first-order valence-corrected chi connectivity index (χ1v) is 9.04. The molecule has 0 aliphatic rings. The van der Waals surface area contributed by atoms with Gasteiger partial charge in [-0.25, -0.2) is 4.79 Å². The van der Waals surface area contributed by atoms with E-state index in [1.165, 1.54) is 39.0 Å². The van der Waals surface area contributed by atoms with Crippen molar-refractivity contribution in [3.05, 3.63) is 0 Å². The van der Waals surface area contributed by atoms with E-state index in [1.54, 1.807) is 0 Å². The number of esters is 1. The summed E-state index contributed by atoms with van der Waals surface area (Å²) in [5.41, 5.74) is 0. The maximum atomic E-state index is 13.5. The summed E-state index contributed by atoms with van der Waals surface area (Å²) >= 11 is 3.25. The molecular weight excluding hydrogens is 342 g/mol. The van der Waals surface area contributed by atoms with E-state index < -0.39 is 18.3 Å². The van der Waals surface area contributed by atoms with Crippen LogP contribution >= 0.6 is 15.9 Å². The molecule has 0 N–H and O–H groups in total. The van der Waals surface area contributed by atoms with E-state index in [1.807, 2.05) is 0 Å². The summed E-state index contributed by atoms with van der Waals surface area (Å²) in [6, 6.07) is 0. The normalized spacial score (nSPS) is 13.2. The number of alkyl halides is 3. The van der Waals surface area contributed by atoms with Gasteiger partial charge in [-0.15, -0.1) is 0 Å². The summed E-state index contributed by atoms with van der Waals surface area (Å²) in [6.45, 7) is 3.71. The number of halogens is 3. The summed E-state index contributed by atoms with van der Waals surface area (Å²) in [6.07, 6.45) is 9.68.